The van der Waals surface area contributed by atoms with Crippen molar-refractivity contribution in [3.8, 4) is 0 Å². The van der Waals surface area contributed by atoms with Crippen LogP contribution in [-0.2, 0) is 26.2 Å². The van der Waals surface area contributed by atoms with Gasteiger partial charge in [-0.2, -0.15) is 0 Å². The van der Waals surface area contributed by atoms with E-state index in [2.05, 4.69) is 5.32 Å². The Morgan fingerprint density at radius 2 is 1.71 bits per heavy atom. The molecule has 168 valence electrons. The average Bonchev–Trinajstić information content (AvgIpc) is 2.72. The van der Waals surface area contributed by atoms with Crippen LogP contribution in [0.15, 0.2) is 48.5 Å². The van der Waals surface area contributed by atoms with Crippen LogP contribution in [0.5, 0.6) is 0 Å². The summed E-state index contributed by atoms with van der Waals surface area (Å²) in [6.45, 7) is 3.37. The fraction of sp³-hybridized carbons (Fsp3) is 0.333. The summed E-state index contributed by atoms with van der Waals surface area (Å²) in [6.07, 6.45) is 1.03. The zero-order chi connectivity index (χ0) is 23.2. The van der Waals surface area contributed by atoms with Crippen LogP contribution in [-0.4, -0.2) is 50.5 Å². The van der Waals surface area contributed by atoms with Crippen molar-refractivity contribution in [2.75, 3.05) is 23.7 Å². The third-order valence-corrected chi connectivity index (χ3v) is 6.46. The summed E-state index contributed by atoms with van der Waals surface area (Å²) in [5.41, 5.74) is 1.02. The van der Waals surface area contributed by atoms with Crippen LogP contribution in [0.2, 0.25) is 10.0 Å². The molecule has 0 aliphatic heterocycles. The zero-order valence-corrected chi connectivity index (χ0v) is 19.8. The minimum absolute atomic E-state index is 0.0560. The minimum atomic E-state index is -3.74. The number of nitrogens with one attached hydrogen (secondary N) is 1. The largest absolute Gasteiger partial charge is 0.355 e. The van der Waals surface area contributed by atoms with Gasteiger partial charge in [0.25, 0.3) is 0 Å². The van der Waals surface area contributed by atoms with Crippen molar-refractivity contribution in [2.45, 2.75) is 26.4 Å². The second kappa shape index (κ2) is 10.8. The number of carbonyl (C=O) groups excluding carboxylic acids is 2. The monoisotopic (exact) mass is 485 g/mol. The highest BCUT2D eigenvalue weighted by Crippen LogP contribution is 2.24. The van der Waals surface area contributed by atoms with Gasteiger partial charge in [0.2, 0.25) is 21.8 Å². The number of anilines is 1. The van der Waals surface area contributed by atoms with E-state index in [0.717, 1.165) is 10.6 Å². The fourth-order valence-electron chi connectivity index (χ4n) is 2.95. The van der Waals surface area contributed by atoms with Gasteiger partial charge in [-0.25, -0.2) is 8.42 Å². The highest BCUT2D eigenvalue weighted by molar-refractivity contribution is 7.92. The molecule has 0 aliphatic carbocycles. The lowest BCUT2D eigenvalue weighted by atomic mass is 10.1. The molecule has 7 nitrogen and oxygen atoms in total. The predicted molar refractivity (Wildman–Crippen MR) is 124 cm³/mol. The lowest BCUT2D eigenvalue weighted by molar-refractivity contribution is -0.139. The van der Waals surface area contributed by atoms with Gasteiger partial charge in [0.15, 0.2) is 0 Å². The Morgan fingerprint density at radius 3 is 2.26 bits per heavy atom. The highest BCUT2D eigenvalue weighted by atomic mass is 35.5. The summed E-state index contributed by atoms with van der Waals surface area (Å²) < 4.78 is 25.8. The Bertz CT molecular complexity index is 1030. The maximum atomic E-state index is 13.3. The molecule has 2 aromatic carbocycles. The van der Waals surface area contributed by atoms with E-state index >= 15 is 0 Å². The van der Waals surface area contributed by atoms with Crippen LogP contribution in [0, 0.1) is 0 Å². The topological polar surface area (TPSA) is 86.8 Å². The van der Waals surface area contributed by atoms with Gasteiger partial charge in [-0.15, -0.1) is 0 Å². The quantitative estimate of drug-likeness (QED) is 0.589. The van der Waals surface area contributed by atoms with E-state index < -0.39 is 28.5 Å². The molecule has 0 saturated carbocycles. The van der Waals surface area contributed by atoms with Crippen molar-refractivity contribution in [2.24, 2.45) is 0 Å². The van der Waals surface area contributed by atoms with Crippen LogP contribution in [0.3, 0.4) is 0 Å². The molecule has 0 unspecified atom stereocenters. The molecule has 0 heterocycles. The fourth-order valence-corrected chi connectivity index (χ4v) is 4.12. The molecule has 0 fully saturated rings. The summed E-state index contributed by atoms with van der Waals surface area (Å²) >= 11 is 12.1. The Kier molecular flexibility index (Phi) is 8.73. The minimum Gasteiger partial charge on any atom is -0.355 e. The second-order valence-corrected chi connectivity index (χ2v) is 9.67. The summed E-state index contributed by atoms with van der Waals surface area (Å²) in [4.78, 5) is 27.1. The molecule has 0 aromatic heterocycles. The number of halogens is 2. The Balaban J connectivity index is 2.37. The molecule has 1 N–H and O–H groups in total. The first-order valence-corrected chi connectivity index (χ1v) is 12.2. The number of likely N-dealkylation sites (N-methyl/N-ethyl adjacent to an activating group) is 1. The van der Waals surface area contributed by atoms with Crippen LogP contribution in [0.1, 0.15) is 19.4 Å². The summed E-state index contributed by atoms with van der Waals surface area (Å²) in [5.74, 6) is -0.874. The van der Waals surface area contributed by atoms with Gasteiger partial charge in [-0.3, -0.25) is 13.9 Å². The average molecular weight is 486 g/mol. The molecule has 2 rings (SSSR count). The Hall–Kier alpha value is -2.29. The smallest absolute Gasteiger partial charge is 0.244 e. The molecule has 31 heavy (non-hydrogen) atoms. The number of sulfonamides is 1. The van der Waals surface area contributed by atoms with Crippen LogP contribution in [0.4, 0.5) is 5.69 Å². The number of para-hydroxylation sites is 1. The maximum absolute atomic E-state index is 13.3. The molecule has 1 atom stereocenters. The molecule has 0 radical (unpaired) electrons. The molecule has 0 spiro atoms. The van der Waals surface area contributed by atoms with Gasteiger partial charge in [-0.1, -0.05) is 47.5 Å². The molecular weight excluding hydrogens is 461 g/mol. The molecule has 2 aromatic rings. The van der Waals surface area contributed by atoms with Gasteiger partial charge >= 0.3 is 0 Å². The maximum Gasteiger partial charge on any atom is 0.244 e. The van der Waals surface area contributed by atoms with Gasteiger partial charge in [-0.05, 0) is 43.7 Å². The number of amides is 2. The van der Waals surface area contributed by atoms with Gasteiger partial charge in [0.05, 0.1) is 22.0 Å². The summed E-state index contributed by atoms with van der Waals surface area (Å²) in [5, 5.41) is 3.38. The van der Waals surface area contributed by atoms with Crippen molar-refractivity contribution in [3.63, 3.8) is 0 Å². The van der Waals surface area contributed by atoms with Crippen LogP contribution in [0.25, 0.3) is 0 Å². The first-order chi connectivity index (χ1) is 14.5. The number of carbonyl (C=O) groups is 2. The molecule has 10 heteroatoms. The van der Waals surface area contributed by atoms with E-state index in [1.807, 2.05) is 0 Å². The molecule has 0 aliphatic rings. The number of hydrogen-bond donors (Lipinski definition) is 1. The Morgan fingerprint density at radius 1 is 1.06 bits per heavy atom. The first kappa shape index (κ1) is 25.0. The van der Waals surface area contributed by atoms with Crippen molar-refractivity contribution in [3.05, 3.63) is 64.1 Å². The van der Waals surface area contributed by atoms with Crippen LogP contribution < -0.4 is 9.62 Å². The van der Waals surface area contributed by atoms with Crippen molar-refractivity contribution in [1.82, 2.24) is 10.2 Å². The van der Waals surface area contributed by atoms with Gasteiger partial charge in [0, 0.05) is 13.1 Å². The third kappa shape index (κ3) is 6.85. The van der Waals surface area contributed by atoms with Crippen molar-refractivity contribution >= 4 is 50.7 Å². The summed E-state index contributed by atoms with van der Waals surface area (Å²) in [7, 11) is -3.74. The van der Waals surface area contributed by atoms with E-state index in [1.54, 1.807) is 62.4 Å². The normalized spacial score (nSPS) is 12.2. The number of nitrogens with zero attached hydrogens (tertiary/aromatic N) is 2. The number of hydrogen-bond acceptors (Lipinski definition) is 4. The molecule has 0 saturated heterocycles. The van der Waals surface area contributed by atoms with E-state index in [9.17, 15) is 18.0 Å². The van der Waals surface area contributed by atoms with Crippen molar-refractivity contribution in [1.29, 1.82) is 0 Å². The van der Waals surface area contributed by atoms with Crippen LogP contribution >= 0.6 is 23.2 Å². The number of rotatable bonds is 9. The highest BCUT2D eigenvalue weighted by Gasteiger charge is 2.29. The van der Waals surface area contributed by atoms with E-state index in [1.165, 1.54) is 4.90 Å². The zero-order valence-electron chi connectivity index (χ0n) is 17.5. The molecule has 2 amide bonds. The first-order valence-electron chi connectivity index (χ1n) is 9.58. The van der Waals surface area contributed by atoms with E-state index in [4.69, 9.17) is 23.2 Å². The number of benzene rings is 2. The molecular formula is C21H25Cl2N3O4S. The standard InChI is InChI=1S/C21H25Cl2N3O4S/c1-4-24-21(28)15(2)25(13-16-10-11-18(22)19(23)12-16)20(27)14-26(31(3,29)30)17-8-6-5-7-9-17/h5-12,15H,4,13-14H2,1-3H3,(H,24,28)/t15-/m1/s1. The van der Waals surface area contributed by atoms with Gasteiger partial charge < -0.3 is 10.2 Å². The van der Waals surface area contributed by atoms with Crippen molar-refractivity contribution < 1.29 is 18.0 Å². The van der Waals surface area contributed by atoms with E-state index in [-0.39, 0.29) is 12.5 Å². The van der Waals surface area contributed by atoms with Gasteiger partial charge in [0.1, 0.15) is 12.6 Å². The predicted octanol–water partition coefficient (Wildman–Crippen LogP) is 3.31. The lowest BCUT2D eigenvalue weighted by Crippen LogP contribution is -2.51. The third-order valence-electron chi connectivity index (χ3n) is 4.58. The lowest BCUT2D eigenvalue weighted by Gasteiger charge is -2.31. The van der Waals surface area contributed by atoms with E-state index in [0.29, 0.717) is 27.8 Å². The molecule has 0 bridgehead atoms. The second-order valence-electron chi connectivity index (χ2n) is 6.95. The SMILES string of the molecule is CCNC(=O)[C@@H](C)N(Cc1ccc(Cl)c(Cl)c1)C(=O)CN(c1ccccc1)S(C)(=O)=O. The summed E-state index contributed by atoms with van der Waals surface area (Å²) in [6, 6.07) is 12.4. The Labute approximate surface area is 193 Å².